The third-order valence-corrected chi connectivity index (χ3v) is 16.0. The van der Waals surface area contributed by atoms with Crippen LogP contribution in [-0.4, -0.2) is 185 Å². The number of carbonyl (C=O) groups is 14. The molecule has 0 aromatic heterocycles. The Labute approximate surface area is 593 Å². The molecule has 0 saturated carbocycles. The summed E-state index contributed by atoms with van der Waals surface area (Å²) < 4.78 is 0. The number of aliphatic imine (C=N–C) groups is 1. The van der Waals surface area contributed by atoms with E-state index in [4.69, 9.17) is 28.7 Å². The van der Waals surface area contributed by atoms with Crippen molar-refractivity contribution in [1.29, 1.82) is 0 Å². The second kappa shape index (κ2) is 43.8. The molecule has 0 aliphatic carbocycles. The molecule has 0 saturated heterocycles. The molecular weight excluding hydrogens is 1320 g/mol. The second-order valence-corrected chi connectivity index (χ2v) is 26.2. The number of guanidine groups is 1. The van der Waals surface area contributed by atoms with Gasteiger partial charge in [0.15, 0.2) is 5.96 Å². The van der Waals surface area contributed by atoms with Crippen molar-refractivity contribution in [3.8, 4) is 0 Å². The summed E-state index contributed by atoms with van der Waals surface area (Å²) in [5, 5.41) is 48.5. The molecule has 3 rings (SSSR count). The number of hydrogen-bond donors (Lipinski definition) is 18. The number of aliphatic hydroxyl groups is 1. The molecule has 33 heteroatoms. The van der Waals surface area contributed by atoms with Gasteiger partial charge in [-0.3, -0.25) is 67.3 Å². The summed E-state index contributed by atoms with van der Waals surface area (Å²) >= 11 is 0. The van der Waals surface area contributed by atoms with E-state index >= 15 is 0 Å². The van der Waals surface area contributed by atoms with Crippen LogP contribution >= 0.6 is 0 Å². The van der Waals surface area contributed by atoms with Gasteiger partial charge in [-0.15, -0.1) is 0 Å². The summed E-state index contributed by atoms with van der Waals surface area (Å²) in [7, 11) is 0. The first-order valence-corrected chi connectivity index (χ1v) is 33.7. The molecule has 33 nitrogen and oxygen atoms in total. The van der Waals surface area contributed by atoms with Crippen LogP contribution in [0.4, 0.5) is 0 Å². The number of carboxylic acid groups (broad SMARTS) is 1. The lowest BCUT2D eigenvalue weighted by Crippen LogP contribution is -2.62. The number of nitrogens with zero attached hydrogens (tertiary/aromatic N) is 1. The van der Waals surface area contributed by atoms with E-state index in [2.05, 4.69) is 63.5 Å². The Hall–Kier alpha value is -10.6. The van der Waals surface area contributed by atoms with Crippen molar-refractivity contribution >= 4 is 88.7 Å². The number of aliphatic hydroxyl groups excluding tert-OH is 1. The van der Waals surface area contributed by atoms with Gasteiger partial charge in [-0.05, 0) is 78.9 Å². The van der Waals surface area contributed by atoms with Crippen molar-refractivity contribution in [2.45, 2.75) is 186 Å². The van der Waals surface area contributed by atoms with Gasteiger partial charge in [-0.2, -0.15) is 0 Å². The highest BCUT2D eigenvalue weighted by Crippen LogP contribution is 2.15. The summed E-state index contributed by atoms with van der Waals surface area (Å²) in [6.07, 6.45) is -1.73. The van der Waals surface area contributed by atoms with Crippen LogP contribution in [0.15, 0.2) is 96.0 Å². The maximum atomic E-state index is 14.6. The molecule has 11 atom stereocenters. The molecule has 3 aromatic carbocycles. The number of nitrogens with one attached hydrogen (secondary N) is 11. The number of nitrogens with two attached hydrogens (primary N) is 5. The van der Waals surface area contributed by atoms with E-state index in [1.54, 1.807) is 133 Å². The predicted octanol–water partition coefficient (Wildman–Crippen LogP) is -3.32. The number of rotatable bonds is 45. The van der Waals surface area contributed by atoms with Crippen molar-refractivity contribution < 1.29 is 77.3 Å². The molecular formula is C69H103N17O16. The van der Waals surface area contributed by atoms with E-state index in [9.17, 15) is 77.3 Å². The maximum absolute atomic E-state index is 14.6. The van der Waals surface area contributed by atoms with E-state index in [1.165, 1.54) is 13.8 Å². The summed E-state index contributed by atoms with van der Waals surface area (Å²) in [6.45, 7) is 11.1. The standard InChI is InChI=1S/C69H103N17O16/c1-37(2)31-48(81-65(98)55(38(3)4)84-54(90)35-76-59(92)46(26-28-52(71)88)77-58(91)44(70)32-41-19-12-9-13-20-41)62(95)78-47(27-29-53(72)89)61(94)83-51(36-87)64(97)86-56(39(5)6)66(99)79-45(25-18-30-75-69(73)74)60(93)80-49(33-42-21-14-10-15-22-42)63(96)85-57(40(7)8)67(100)82-50(68(101)102)34-43-23-16-11-17-24-43/h9-17,19-24,37-40,44-51,55-57,87H,18,25-36,70H2,1-8H3,(H2,71,88)(H2,72,89)(H,76,92)(H,77,91)(H,78,95)(H,79,99)(H,80,93)(H,81,98)(H,82,100)(H,83,94)(H,84,90)(H,85,96)(H,86,97)(H,101,102)(H4,73,74,75)/t44-,45-,46-,47-,48-,49-,50-,51-,55-,56-,57-/m0/s1. The van der Waals surface area contributed by atoms with Crippen LogP contribution in [0.1, 0.15) is 117 Å². The lowest BCUT2D eigenvalue weighted by Gasteiger charge is -2.29. The quantitative estimate of drug-likeness (QED) is 0.0150. The number of hydrogen-bond acceptors (Lipinski definition) is 17. The van der Waals surface area contributed by atoms with E-state index < -0.39 is 193 Å². The van der Waals surface area contributed by atoms with Crippen molar-refractivity contribution in [2.75, 3.05) is 19.7 Å². The summed E-state index contributed by atoms with van der Waals surface area (Å²) in [4.78, 5) is 194. The molecule has 0 radical (unpaired) electrons. The van der Waals surface area contributed by atoms with Crippen LogP contribution in [0.25, 0.3) is 0 Å². The Morgan fingerprint density at radius 2 is 0.755 bits per heavy atom. The zero-order valence-electron chi connectivity index (χ0n) is 59.0. The molecule has 23 N–H and O–H groups in total. The summed E-state index contributed by atoms with van der Waals surface area (Å²) in [5.74, 6) is -15.6. The number of carbonyl (C=O) groups excluding carboxylic acids is 13. The number of benzene rings is 3. The molecule has 0 aliphatic heterocycles. The largest absolute Gasteiger partial charge is 0.480 e. The number of amides is 13. The minimum Gasteiger partial charge on any atom is -0.480 e. The van der Waals surface area contributed by atoms with Crippen molar-refractivity contribution in [2.24, 2.45) is 57.3 Å². The van der Waals surface area contributed by atoms with Crippen LogP contribution in [0.5, 0.6) is 0 Å². The molecule has 102 heavy (non-hydrogen) atoms. The van der Waals surface area contributed by atoms with Gasteiger partial charge in [-0.1, -0.05) is 146 Å². The molecule has 0 bridgehead atoms. The van der Waals surface area contributed by atoms with Crippen molar-refractivity contribution in [3.05, 3.63) is 108 Å². The van der Waals surface area contributed by atoms with E-state index in [0.717, 1.165) is 5.56 Å². The highest BCUT2D eigenvalue weighted by molar-refractivity contribution is 5.99. The third kappa shape index (κ3) is 31.3. The average Bonchev–Trinajstić information content (AvgIpc) is 0.867. The minimum absolute atomic E-state index is 0.0236. The Morgan fingerprint density at radius 1 is 0.402 bits per heavy atom. The van der Waals surface area contributed by atoms with Crippen LogP contribution in [0.3, 0.4) is 0 Å². The highest BCUT2D eigenvalue weighted by atomic mass is 16.4. The van der Waals surface area contributed by atoms with Gasteiger partial charge in [0.25, 0.3) is 0 Å². The average molecular weight is 1430 g/mol. The van der Waals surface area contributed by atoms with Crippen LogP contribution in [-0.2, 0) is 86.4 Å². The van der Waals surface area contributed by atoms with Gasteiger partial charge in [-0.25, -0.2) is 4.79 Å². The van der Waals surface area contributed by atoms with Gasteiger partial charge in [0.1, 0.15) is 60.4 Å². The topological polar surface area (TPSA) is 554 Å². The van der Waals surface area contributed by atoms with Crippen LogP contribution in [0.2, 0.25) is 0 Å². The number of primary amides is 2. The Morgan fingerprint density at radius 3 is 1.19 bits per heavy atom. The van der Waals surface area contributed by atoms with Crippen molar-refractivity contribution in [1.82, 2.24) is 58.5 Å². The summed E-state index contributed by atoms with van der Waals surface area (Å²) in [5.41, 5.74) is 30.0. The Kier molecular flexibility index (Phi) is 36.8. The minimum atomic E-state index is -1.85. The summed E-state index contributed by atoms with van der Waals surface area (Å²) in [6, 6.07) is 10.1. The third-order valence-electron chi connectivity index (χ3n) is 16.0. The maximum Gasteiger partial charge on any atom is 0.326 e. The van der Waals surface area contributed by atoms with E-state index in [0.29, 0.717) is 11.1 Å². The fourth-order valence-electron chi connectivity index (χ4n) is 10.4. The zero-order chi connectivity index (χ0) is 76.3. The normalized spacial score (nSPS) is 14.4. The number of aliphatic carboxylic acids is 1. The zero-order valence-corrected chi connectivity index (χ0v) is 59.0. The first-order valence-electron chi connectivity index (χ1n) is 33.7. The number of carboxylic acids is 1. The van der Waals surface area contributed by atoms with Gasteiger partial charge in [0.2, 0.25) is 76.8 Å². The van der Waals surface area contributed by atoms with Gasteiger partial charge >= 0.3 is 5.97 Å². The smallest absolute Gasteiger partial charge is 0.326 e. The molecule has 0 heterocycles. The molecule has 560 valence electrons. The lowest BCUT2D eigenvalue weighted by molar-refractivity contribution is -0.142. The Balaban J connectivity index is 1.83. The fraction of sp³-hybridized carbons (Fsp3) is 0.522. The SMILES string of the molecule is CC(C)C[C@H](NC(=O)[C@@H](NC(=O)CNC(=O)[C@H](CCC(N)=O)NC(=O)[C@@H](N)Cc1ccccc1)C(C)C)C(=O)N[C@@H](CCC(N)=O)C(=O)N[C@@H](CO)C(=O)N[C@H](C(=O)N[C@@H](CCCN=C(N)N)C(=O)N[C@@H](Cc1ccccc1)C(=O)N[C@H](C(=O)N[C@@H](Cc1ccccc1)C(=O)O)C(C)C)C(C)C. The molecule has 13 amide bonds. The van der Waals surface area contributed by atoms with Crippen LogP contribution in [0, 0.1) is 23.7 Å². The molecule has 0 aliphatic rings. The first-order chi connectivity index (χ1) is 48.1. The highest BCUT2D eigenvalue weighted by Gasteiger charge is 2.38. The first kappa shape index (κ1) is 85.7. The van der Waals surface area contributed by atoms with Gasteiger partial charge in [0, 0.05) is 32.2 Å². The molecule has 0 unspecified atom stereocenters. The lowest BCUT2D eigenvalue weighted by atomic mass is 9.99. The second-order valence-electron chi connectivity index (χ2n) is 26.2. The van der Waals surface area contributed by atoms with Crippen LogP contribution < -0.4 is 87.2 Å². The predicted molar refractivity (Wildman–Crippen MR) is 376 cm³/mol. The van der Waals surface area contributed by atoms with E-state index in [1.807, 2.05) is 0 Å². The van der Waals surface area contributed by atoms with Crippen molar-refractivity contribution in [3.63, 3.8) is 0 Å². The molecule has 0 fully saturated rings. The monoisotopic (exact) mass is 1430 g/mol. The fourth-order valence-corrected chi connectivity index (χ4v) is 10.4. The van der Waals surface area contributed by atoms with Gasteiger partial charge in [0.05, 0.1) is 19.2 Å². The van der Waals surface area contributed by atoms with Gasteiger partial charge < -0.3 is 97.4 Å². The molecule has 0 spiro atoms. The van der Waals surface area contributed by atoms with E-state index in [-0.39, 0.29) is 69.8 Å². The Bertz CT molecular complexity index is 3340. The molecule has 3 aromatic rings.